The molecule has 0 aromatic heterocycles. The molecular weight excluding hydrogens is 384 g/mol. The number of esters is 1. The number of benzene rings is 1. The highest BCUT2D eigenvalue weighted by atomic mass is 28.4. The van der Waals surface area contributed by atoms with Crippen LogP contribution >= 0.6 is 0 Å². The number of hydrogen-bond donors (Lipinski definition) is 0. The highest BCUT2D eigenvalue weighted by Crippen LogP contribution is 2.43. The molecule has 0 spiro atoms. The zero-order valence-corrected chi connectivity index (χ0v) is 19.9. The Hall–Kier alpha value is -1.21. The maximum absolute atomic E-state index is 11.9. The van der Waals surface area contributed by atoms with Gasteiger partial charge in [-0.1, -0.05) is 71.9 Å². The number of ether oxygens (including phenoxy) is 3. The molecule has 1 atom stereocenters. The fourth-order valence-electron chi connectivity index (χ4n) is 4.70. The summed E-state index contributed by atoms with van der Waals surface area (Å²) in [6, 6.07) is 9.98. The van der Waals surface area contributed by atoms with Gasteiger partial charge in [-0.25, -0.2) is 0 Å². The first-order valence-corrected chi connectivity index (χ1v) is 12.9. The van der Waals surface area contributed by atoms with Crippen LogP contribution in [0.1, 0.15) is 59.9 Å². The second-order valence-electron chi connectivity index (χ2n) is 9.06. The third kappa shape index (κ3) is 6.14. The predicted molar refractivity (Wildman–Crippen MR) is 117 cm³/mol. The van der Waals surface area contributed by atoms with Crippen molar-refractivity contribution in [3.05, 3.63) is 35.9 Å². The first kappa shape index (κ1) is 24.1. The summed E-state index contributed by atoms with van der Waals surface area (Å²) in [6.45, 7) is 14.9. The topological polar surface area (TPSA) is 54.0 Å². The minimum atomic E-state index is -2.04. The van der Waals surface area contributed by atoms with Crippen LogP contribution in [0.4, 0.5) is 0 Å². The summed E-state index contributed by atoms with van der Waals surface area (Å²) >= 11 is 0. The van der Waals surface area contributed by atoms with Crippen molar-refractivity contribution in [1.82, 2.24) is 0 Å². The van der Waals surface area contributed by atoms with E-state index in [4.69, 9.17) is 18.6 Å². The van der Waals surface area contributed by atoms with E-state index in [1.807, 2.05) is 30.3 Å². The standard InChI is InChI=1S/C23H38O5Si/c1-18(2)29(19(3)4,20(5)6)27-16-23(13-12-22(24)28-23)15-26-17-25-14-21-10-8-7-9-11-21/h7-11,18-20H,12-17H2,1-6H3/t23-/m1/s1. The van der Waals surface area contributed by atoms with Gasteiger partial charge in [0.2, 0.25) is 8.32 Å². The molecule has 29 heavy (non-hydrogen) atoms. The lowest BCUT2D eigenvalue weighted by molar-refractivity contribution is -0.165. The molecule has 0 bridgehead atoms. The van der Waals surface area contributed by atoms with Gasteiger partial charge in [-0.3, -0.25) is 4.79 Å². The minimum Gasteiger partial charge on any atom is -0.454 e. The SMILES string of the molecule is CC(C)[Si](OC[C@]1(COCOCc2ccccc2)CCC(=O)O1)(C(C)C)C(C)C. The minimum absolute atomic E-state index is 0.162. The molecule has 0 N–H and O–H groups in total. The Balaban J connectivity index is 1.94. The first-order valence-electron chi connectivity index (χ1n) is 10.8. The van der Waals surface area contributed by atoms with Crippen molar-refractivity contribution in [1.29, 1.82) is 0 Å². The van der Waals surface area contributed by atoms with Crippen molar-refractivity contribution < 1.29 is 23.4 Å². The Labute approximate surface area is 177 Å². The van der Waals surface area contributed by atoms with Gasteiger partial charge in [0.15, 0.2) is 5.60 Å². The predicted octanol–water partition coefficient (Wildman–Crippen LogP) is 5.45. The molecule has 6 heteroatoms. The summed E-state index contributed by atoms with van der Waals surface area (Å²) in [5.41, 5.74) is 1.83. The largest absolute Gasteiger partial charge is 0.454 e. The number of cyclic esters (lactones) is 1. The molecule has 1 aliphatic heterocycles. The van der Waals surface area contributed by atoms with Crippen LogP contribution in [0.5, 0.6) is 0 Å². The first-order chi connectivity index (χ1) is 13.7. The normalized spacial score (nSPS) is 20.1. The molecule has 0 amide bonds. The van der Waals surface area contributed by atoms with Gasteiger partial charge in [0.1, 0.15) is 6.79 Å². The van der Waals surface area contributed by atoms with Crippen LogP contribution in [0.25, 0.3) is 0 Å². The summed E-state index contributed by atoms with van der Waals surface area (Å²) in [7, 11) is -2.04. The summed E-state index contributed by atoms with van der Waals surface area (Å²) in [4.78, 5) is 11.9. The molecule has 1 heterocycles. The summed E-state index contributed by atoms with van der Waals surface area (Å²) in [6.07, 6.45) is 1.04. The number of hydrogen-bond acceptors (Lipinski definition) is 5. The Kier molecular flexibility index (Phi) is 8.88. The van der Waals surface area contributed by atoms with Gasteiger partial charge in [-0.15, -0.1) is 0 Å². The molecule has 5 nitrogen and oxygen atoms in total. The van der Waals surface area contributed by atoms with E-state index in [1.54, 1.807) is 0 Å². The van der Waals surface area contributed by atoms with Gasteiger partial charge in [0, 0.05) is 12.8 Å². The van der Waals surface area contributed by atoms with Crippen LogP contribution in [0, 0.1) is 0 Å². The van der Waals surface area contributed by atoms with Gasteiger partial charge in [0.25, 0.3) is 0 Å². The number of carbonyl (C=O) groups is 1. The van der Waals surface area contributed by atoms with Crippen molar-refractivity contribution >= 4 is 14.3 Å². The second-order valence-corrected chi connectivity index (χ2v) is 14.5. The van der Waals surface area contributed by atoms with Crippen LogP contribution in [0.2, 0.25) is 16.6 Å². The molecule has 1 aromatic rings. The van der Waals surface area contributed by atoms with Gasteiger partial charge in [0.05, 0.1) is 19.8 Å². The highest BCUT2D eigenvalue weighted by Gasteiger charge is 2.49. The summed E-state index contributed by atoms with van der Waals surface area (Å²) in [5.74, 6) is -0.173. The third-order valence-corrected chi connectivity index (χ3v) is 12.1. The molecule has 0 aliphatic carbocycles. The van der Waals surface area contributed by atoms with Crippen LogP contribution in [0.3, 0.4) is 0 Å². The lowest BCUT2D eigenvalue weighted by atomic mass is 10.0. The molecule has 1 aromatic carbocycles. The fraction of sp³-hybridized carbons (Fsp3) is 0.696. The van der Waals surface area contributed by atoms with E-state index < -0.39 is 13.9 Å². The average Bonchev–Trinajstić information content (AvgIpc) is 3.03. The Morgan fingerprint density at radius 1 is 0.966 bits per heavy atom. The Morgan fingerprint density at radius 2 is 1.59 bits per heavy atom. The number of carbonyl (C=O) groups excluding carboxylic acids is 1. The van der Waals surface area contributed by atoms with Crippen molar-refractivity contribution in [3.8, 4) is 0 Å². The molecule has 0 radical (unpaired) electrons. The quantitative estimate of drug-likeness (QED) is 0.194. The number of rotatable bonds is 12. The van der Waals surface area contributed by atoms with E-state index in [2.05, 4.69) is 41.5 Å². The smallest absolute Gasteiger partial charge is 0.306 e. The van der Waals surface area contributed by atoms with E-state index in [1.165, 1.54) is 0 Å². The lowest BCUT2D eigenvalue weighted by Crippen LogP contribution is -2.52. The third-order valence-electron chi connectivity index (χ3n) is 6.05. The Bertz CT molecular complexity index is 610. The highest BCUT2D eigenvalue weighted by molar-refractivity contribution is 6.77. The van der Waals surface area contributed by atoms with E-state index >= 15 is 0 Å². The van der Waals surface area contributed by atoms with Gasteiger partial charge >= 0.3 is 5.97 Å². The monoisotopic (exact) mass is 422 g/mol. The van der Waals surface area contributed by atoms with Crippen molar-refractivity contribution in [2.45, 2.75) is 83.2 Å². The van der Waals surface area contributed by atoms with Crippen LogP contribution in [-0.4, -0.2) is 39.9 Å². The average molecular weight is 423 g/mol. The van der Waals surface area contributed by atoms with Crippen molar-refractivity contribution in [2.24, 2.45) is 0 Å². The van der Waals surface area contributed by atoms with Crippen molar-refractivity contribution in [2.75, 3.05) is 20.0 Å². The molecule has 164 valence electrons. The van der Waals surface area contributed by atoms with Crippen molar-refractivity contribution in [3.63, 3.8) is 0 Å². The molecule has 1 aliphatic rings. The van der Waals surface area contributed by atoms with Gasteiger partial charge in [-0.05, 0) is 22.2 Å². The zero-order chi connectivity index (χ0) is 21.5. The van der Waals surface area contributed by atoms with E-state index in [9.17, 15) is 4.79 Å². The molecular formula is C23H38O5Si. The summed E-state index contributed by atoms with van der Waals surface area (Å²) in [5, 5.41) is 0. The van der Waals surface area contributed by atoms with Gasteiger partial charge < -0.3 is 18.6 Å². The molecule has 1 fully saturated rings. The molecule has 2 rings (SSSR count). The lowest BCUT2D eigenvalue weighted by Gasteiger charge is -2.44. The molecule has 0 unspecified atom stereocenters. The van der Waals surface area contributed by atoms with Crippen LogP contribution < -0.4 is 0 Å². The van der Waals surface area contributed by atoms with Crippen LogP contribution in [0.15, 0.2) is 30.3 Å². The van der Waals surface area contributed by atoms with Gasteiger partial charge in [-0.2, -0.15) is 0 Å². The maximum atomic E-state index is 11.9. The maximum Gasteiger partial charge on any atom is 0.306 e. The molecule has 1 saturated heterocycles. The van der Waals surface area contributed by atoms with Crippen LogP contribution in [-0.2, 0) is 30.0 Å². The Morgan fingerprint density at radius 3 is 2.10 bits per heavy atom. The van der Waals surface area contributed by atoms with E-state index in [-0.39, 0.29) is 12.8 Å². The zero-order valence-electron chi connectivity index (χ0n) is 18.9. The van der Waals surface area contributed by atoms with E-state index in [0.717, 1.165) is 5.56 Å². The second kappa shape index (κ2) is 10.7. The fourth-order valence-corrected chi connectivity index (χ4v) is 10.2. The summed E-state index contributed by atoms with van der Waals surface area (Å²) < 4.78 is 23.8. The van der Waals surface area contributed by atoms with E-state index in [0.29, 0.717) is 49.3 Å². The molecule has 0 saturated carbocycles.